The second kappa shape index (κ2) is 9.39. The molecule has 35 heavy (non-hydrogen) atoms. The predicted molar refractivity (Wildman–Crippen MR) is 160 cm³/mol. The third kappa shape index (κ3) is 3.98. The Kier molecular flexibility index (Phi) is 5.95. The van der Waals surface area contributed by atoms with Crippen molar-refractivity contribution in [1.82, 2.24) is 0 Å². The molecule has 5 aromatic rings. The molecule has 0 atom stereocenters. The van der Waals surface area contributed by atoms with Gasteiger partial charge in [0.1, 0.15) is 0 Å². The van der Waals surface area contributed by atoms with Crippen molar-refractivity contribution in [3.8, 4) is 0 Å². The largest absolute Gasteiger partial charge is 0.0622 e. The van der Waals surface area contributed by atoms with Gasteiger partial charge in [-0.1, -0.05) is 146 Å². The molecule has 1 aliphatic rings. The molecule has 0 radical (unpaired) electrons. The lowest BCUT2D eigenvalue weighted by Gasteiger charge is -2.36. The minimum absolute atomic E-state index is 1.11. The summed E-state index contributed by atoms with van der Waals surface area (Å²) in [4.78, 5) is 0. The van der Waals surface area contributed by atoms with E-state index in [1.54, 1.807) is 0 Å². The molecular formula is C33H28P2. The van der Waals surface area contributed by atoms with Crippen LogP contribution < -0.4 is 21.2 Å². The molecule has 0 bridgehead atoms. The van der Waals surface area contributed by atoms with E-state index in [2.05, 4.69) is 157 Å². The van der Waals surface area contributed by atoms with Crippen LogP contribution in [0, 0.1) is 0 Å². The van der Waals surface area contributed by atoms with Crippen molar-refractivity contribution in [1.29, 1.82) is 0 Å². The number of hydrogen-bond acceptors (Lipinski definition) is 0. The van der Waals surface area contributed by atoms with E-state index in [1.165, 1.54) is 32.3 Å². The summed E-state index contributed by atoms with van der Waals surface area (Å²) >= 11 is 0. The molecule has 6 rings (SSSR count). The van der Waals surface area contributed by atoms with Gasteiger partial charge < -0.3 is 0 Å². The van der Waals surface area contributed by atoms with E-state index in [-0.39, 0.29) is 0 Å². The van der Waals surface area contributed by atoms with E-state index in [0.29, 0.717) is 0 Å². The minimum atomic E-state index is -1.93. The predicted octanol–water partition coefficient (Wildman–Crippen LogP) is 6.30. The first kappa shape index (κ1) is 22.2. The summed E-state index contributed by atoms with van der Waals surface area (Å²) in [6.45, 7) is -3.86. The van der Waals surface area contributed by atoms with Gasteiger partial charge in [0.25, 0.3) is 0 Å². The molecule has 1 heterocycles. The van der Waals surface area contributed by atoms with Gasteiger partial charge in [-0.2, -0.15) is 0 Å². The lowest BCUT2D eigenvalue weighted by atomic mass is 10.1. The van der Waals surface area contributed by atoms with Gasteiger partial charge in [-0.25, -0.2) is 0 Å². The zero-order valence-electron chi connectivity index (χ0n) is 19.6. The van der Waals surface area contributed by atoms with E-state index in [0.717, 1.165) is 5.90 Å². The molecule has 170 valence electrons. The first-order chi connectivity index (χ1) is 17.3. The van der Waals surface area contributed by atoms with E-state index >= 15 is 0 Å². The van der Waals surface area contributed by atoms with Crippen molar-refractivity contribution in [3.63, 3.8) is 0 Å². The van der Waals surface area contributed by atoms with E-state index in [4.69, 9.17) is 0 Å². The molecule has 0 nitrogen and oxygen atoms in total. The summed E-state index contributed by atoms with van der Waals surface area (Å²) in [7, 11) is 0. The molecule has 0 unspecified atom stereocenters. The Morgan fingerprint density at radius 3 is 0.857 bits per heavy atom. The maximum Gasteiger partial charge on any atom is 0.00282 e. The highest BCUT2D eigenvalue weighted by Crippen LogP contribution is 2.62. The van der Waals surface area contributed by atoms with Gasteiger partial charge in [0.05, 0.1) is 0 Å². The summed E-state index contributed by atoms with van der Waals surface area (Å²) in [5.74, 6) is 6.41. The average Bonchev–Trinajstić information content (AvgIpc) is 3.11. The fraction of sp³-hybridized carbons (Fsp3) is 0.0303. The zero-order valence-corrected chi connectivity index (χ0v) is 21.4. The number of benzene rings is 5. The molecule has 2 heteroatoms. The summed E-state index contributed by atoms with van der Waals surface area (Å²) in [6, 6.07) is 54.1. The average molecular weight is 487 g/mol. The van der Waals surface area contributed by atoms with Crippen molar-refractivity contribution in [2.45, 2.75) is 0 Å². The van der Waals surface area contributed by atoms with Gasteiger partial charge in [-0.05, 0) is 57.7 Å². The van der Waals surface area contributed by atoms with Crippen LogP contribution in [0.4, 0.5) is 0 Å². The highest BCUT2D eigenvalue weighted by molar-refractivity contribution is 8.03. The monoisotopic (exact) mass is 486 g/mol. The molecule has 0 N–H and O–H groups in total. The minimum Gasteiger partial charge on any atom is -0.0622 e. The normalized spacial score (nSPS) is 15.7. The standard InChI is InChI=1S/C33H28P2/c1-5-17-30(18-6-1)34(31-19-7-2-8-20-31)25-28-15-13-14-16-29(28)26-35(27-34,32-21-9-3-10-22-32)33-23-11-4-12-24-33/h1-26H,27H2. The smallest absolute Gasteiger partial charge is 0.00282 e. The molecule has 0 aliphatic carbocycles. The van der Waals surface area contributed by atoms with Crippen LogP contribution in [0.15, 0.2) is 146 Å². The van der Waals surface area contributed by atoms with Crippen LogP contribution in [0.5, 0.6) is 0 Å². The third-order valence-electron chi connectivity index (χ3n) is 7.03. The van der Waals surface area contributed by atoms with E-state index in [1.807, 2.05) is 0 Å². The molecule has 1 aliphatic heterocycles. The van der Waals surface area contributed by atoms with Crippen LogP contribution in [0.1, 0.15) is 11.1 Å². The Morgan fingerprint density at radius 1 is 0.314 bits per heavy atom. The lowest BCUT2D eigenvalue weighted by Crippen LogP contribution is -2.27. The van der Waals surface area contributed by atoms with Crippen molar-refractivity contribution >= 4 is 46.6 Å². The molecule has 0 fully saturated rings. The fourth-order valence-corrected chi connectivity index (χ4v) is 16.9. The summed E-state index contributed by atoms with van der Waals surface area (Å²) in [5, 5.41) is 5.81. The number of fused-ring (bicyclic) bond motifs is 1. The van der Waals surface area contributed by atoms with Gasteiger partial charge in [0.2, 0.25) is 0 Å². The third-order valence-corrected chi connectivity index (χ3v) is 16.9. The van der Waals surface area contributed by atoms with Crippen molar-refractivity contribution in [2.75, 3.05) is 5.90 Å². The molecular weight excluding hydrogens is 458 g/mol. The van der Waals surface area contributed by atoms with Gasteiger partial charge in [0, 0.05) is 5.90 Å². The molecule has 0 aromatic heterocycles. The van der Waals surface area contributed by atoms with Gasteiger partial charge in [-0.15, -0.1) is 0 Å². The molecule has 5 aromatic carbocycles. The summed E-state index contributed by atoms with van der Waals surface area (Å²) < 4.78 is 0. The Bertz CT molecular complexity index is 1340. The van der Waals surface area contributed by atoms with Crippen LogP contribution in [0.2, 0.25) is 0 Å². The first-order valence-corrected chi connectivity index (χ1v) is 16.2. The fourth-order valence-electron chi connectivity index (χ4n) is 5.35. The number of hydrogen-bond donors (Lipinski definition) is 0. The second-order valence-electron chi connectivity index (χ2n) is 9.11. The maximum atomic E-state index is 2.65. The molecule has 0 saturated heterocycles. The van der Waals surface area contributed by atoms with Crippen LogP contribution in [-0.4, -0.2) is 17.5 Å². The van der Waals surface area contributed by atoms with Crippen LogP contribution >= 0.6 is 13.8 Å². The van der Waals surface area contributed by atoms with E-state index < -0.39 is 13.8 Å². The lowest BCUT2D eigenvalue weighted by molar-refractivity contribution is 1.66. The Hall–Kier alpha value is -3.30. The zero-order chi connectivity index (χ0) is 23.6. The Balaban J connectivity index is 1.80. The highest BCUT2D eigenvalue weighted by Gasteiger charge is 2.34. The van der Waals surface area contributed by atoms with Crippen molar-refractivity contribution in [2.24, 2.45) is 0 Å². The van der Waals surface area contributed by atoms with Crippen LogP contribution in [-0.2, 0) is 0 Å². The second-order valence-corrected chi connectivity index (χ2v) is 16.3. The SMILES string of the molecule is C1=P(c2ccccc2)(c2ccccc2)CP(c2ccccc2)(c2ccccc2)=Cc2ccccc21. The maximum absolute atomic E-state index is 2.65. The van der Waals surface area contributed by atoms with Crippen LogP contribution in [0.3, 0.4) is 0 Å². The Morgan fingerprint density at radius 2 is 0.571 bits per heavy atom. The topological polar surface area (TPSA) is 0 Å². The first-order valence-electron chi connectivity index (χ1n) is 12.1. The van der Waals surface area contributed by atoms with Gasteiger partial charge in [-0.3, -0.25) is 0 Å². The Labute approximate surface area is 208 Å². The van der Waals surface area contributed by atoms with Gasteiger partial charge >= 0.3 is 0 Å². The molecule has 0 amide bonds. The van der Waals surface area contributed by atoms with E-state index in [9.17, 15) is 0 Å². The molecule has 0 saturated carbocycles. The van der Waals surface area contributed by atoms with Crippen LogP contribution in [0.25, 0.3) is 0 Å². The van der Waals surface area contributed by atoms with Gasteiger partial charge in [0.15, 0.2) is 0 Å². The molecule has 0 spiro atoms. The van der Waals surface area contributed by atoms with Crippen molar-refractivity contribution in [3.05, 3.63) is 157 Å². The summed E-state index contributed by atoms with van der Waals surface area (Å²) in [6.07, 6.45) is 0. The number of rotatable bonds is 4. The van der Waals surface area contributed by atoms with Crippen molar-refractivity contribution < 1.29 is 0 Å². The highest BCUT2D eigenvalue weighted by atomic mass is 31.2. The summed E-state index contributed by atoms with van der Waals surface area (Å²) in [5.41, 5.74) is 2.70. The quantitative estimate of drug-likeness (QED) is 0.262.